The van der Waals surface area contributed by atoms with Crippen LogP contribution in [-0.4, -0.2) is 44.4 Å². The first-order valence-corrected chi connectivity index (χ1v) is 8.87. The molecule has 2 atom stereocenters. The normalized spacial score (nSPS) is 13.5. The van der Waals surface area contributed by atoms with Crippen molar-refractivity contribution in [1.82, 2.24) is 19.9 Å². The highest BCUT2D eigenvalue weighted by Crippen LogP contribution is 2.28. The van der Waals surface area contributed by atoms with Gasteiger partial charge in [-0.2, -0.15) is 68.3 Å². The average molecular weight is 511 g/mol. The van der Waals surface area contributed by atoms with Gasteiger partial charge in [-0.1, -0.05) is 31.5 Å². The van der Waals surface area contributed by atoms with E-state index in [2.05, 4.69) is 30.6 Å². The van der Waals surface area contributed by atoms with Crippen LogP contribution < -0.4 is 10.6 Å². The van der Waals surface area contributed by atoms with Crippen LogP contribution in [0.4, 0.5) is 38.2 Å². The van der Waals surface area contributed by atoms with E-state index in [-0.39, 0.29) is 56.5 Å². The molecule has 0 spiro atoms. The topological polar surface area (TPSA) is 75.6 Å². The first-order valence-electron chi connectivity index (χ1n) is 8.49. The molecule has 2 aromatic rings. The van der Waals surface area contributed by atoms with Gasteiger partial charge in [-0.25, -0.2) is 4.98 Å². The Morgan fingerprint density at radius 2 is 1.26 bits per heavy atom. The number of anilines is 2. The highest BCUT2D eigenvalue weighted by molar-refractivity contribution is 7.59. The molecular formula is C16H21ClF6N6S2. The highest BCUT2D eigenvalue weighted by atomic mass is 35.5. The van der Waals surface area contributed by atoms with Crippen molar-refractivity contribution in [2.45, 2.75) is 51.1 Å². The number of nitrogens with zero attached hydrogens (tertiary/aromatic N) is 4. The molecule has 0 radical (unpaired) electrons. The van der Waals surface area contributed by atoms with Crippen LogP contribution in [0.1, 0.15) is 26.7 Å². The van der Waals surface area contributed by atoms with Crippen LogP contribution in [0.3, 0.4) is 0 Å². The van der Waals surface area contributed by atoms with Crippen molar-refractivity contribution in [3.63, 3.8) is 0 Å². The predicted molar refractivity (Wildman–Crippen MR) is 116 cm³/mol. The van der Waals surface area contributed by atoms with Crippen LogP contribution in [0.15, 0.2) is 18.2 Å². The summed E-state index contributed by atoms with van der Waals surface area (Å²) in [4.78, 5) is 15.3. The number of hydrogen-bond acceptors (Lipinski definition) is 6. The van der Waals surface area contributed by atoms with Crippen molar-refractivity contribution in [3.05, 3.63) is 23.4 Å². The maximum Gasteiger partial charge on any atom is 0.408 e. The van der Waals surface area contributed by atoms with Crippen molar-refractivity contribution in [3.8, 4) is 11.5 Å². The molecule has 1 unspecified atom stereocenters. The zero-order valence-corrected chi connectivity index (χ0v) is 19.0. The van der Waals surface area contributed by atoms with E-state index in [0.29, 0.717) is 0 Å². The van der Waals surface area contributed by atoms with E-state index in [1.807, 2.05) is 0 Å². The summed E-state index contributed by atoms with van der Waals surface area (Å²) >= 11 is 5.80. The van der Waals surface area contributed by atoms with Crippen molar-refractivity contribution >= 4 is 50.5 Å². The minimum absolute atomic E-state index is 0. The van der Waals surface area contributed by atoms with Gasteiger partial charge in [0.15, 0.2) is 5.82 Å². The lowest BCUT2D eigenvalue weighted by molar-refractivity contribution is -0.143. The molecule has 2 rings (SSSR count). The second-order valence-corrected chi connectivity index (χ2v) is 6.33. The van der Waals surface area contributed by atoms with Crippen LogP contribution in [0.2, 0.25) is 5.15 Å². The number of alkyl halides is 6. The zero-order valence-electron chi connectivity index (χ0n) is 16.2. The third kappa shape index (κ3) is 8.41. The molecule has 0 bridgehead atoms. The minimum Gasteiger partial charge on any atom is -0.342 e. The number of pyridine rings is 1. The van der Waals surface area contributed by atoms with Crippen molar-refractivity contribution in [1.29, 1.82) is 0 Å². The van der Waals surface area contributed by atoms with Gasteiger partial charge in [0.25, 0.3) is 0 Å². The third-order valence-corrected chi connectivity index (χ3v) is 4.00. The SMILES string of the molecule is CCC(Nc1nc(N[C@@H](CC)C(F)(F)F)nc(-c2cccc(Cl)n2)n1)C(F)(F)F.S.S. The monoisotopic (exact) mass is 510 g/mol. The smallest absolute Gasteiger partial charge is 0.342 e. The van der Waals surface area contributed by atoms with Gasteiger partial charge < -0.3 is 10.6 Å². The predicted octanol–water partition coefficient (Wildman–Crippen LogP) is 5.32. The Balaban J connectivity index is 0.00000450. The molecule has 2 aromatic heterocycles. The number of hydrogen-bond donors (Lipinski definition) is 2. The average Bonchev–Trinajstić information content (AvgIpc) is 2.62. The molecular weight excluding hydrogens is 490 g/mol. The fourth-order valence-electron chi connectivity index (χ4n) is 2.29. The number of aromatic nitrogens is 4. The second kappa shape index (κ2) is 11.8. The molecule has 15 heteroatoms. The Labute approximate surface area is 193 Å². The standard InChI is InChI=1S/C16H17ClF6N6.2H2S/c1-3-9(15(18,19)20)25-13-27-12(8-6-5-7-11(17)24-8)28-14(29-13)26-10(4-2)16(21,22)23;;/h5-7,9-10H,3-4H2,1-2H3,(H2,25,26,27,28,29);2*1H2/t9-,10?;;/m0../s1. The van der Waals surface area contributed by atoms with Crippen LogP contribution in [0.25, 0.3) is 11.5 Å². The van der Waals surface area contributed by atoms with E-state index in [1.54, 1.807) is 0 Å². The Morgan fingerprint density at radius 3 is 1.61 bits per heavy atom. The molecule has 0 amide bonds. The lowest BCUT2D eigenvalue weighted by Gasteiger charge is -2.22. The van der Waals surface area contributed by atoms with E-state index in [9.17, 15) is 26.3 Å². The molecule has 31 heavy (non-hydrogen) atoms. The molecule has 0 saturated carbocycles. The first kappa shape index (κ1) is 29.3. The van der Waals surface area contributed by atoms with E-state index in [1.165, 1.54) is 32.0 Å². The van der Waals surface area contributed by atoms with Crippen molar-refractivity contribution < 1.29 is 26.3 Å². The van der Waals surface area contributed by atoms with E-state index in [0.717, 1.165) is 0 Å². The summed E-state index contributed by atoms with van der Waals surface area (Å²) in [5, 5.41) is 4.24. The van der Waals surface area contributed by atoms with Gasteiger partial charge >= 0.3 is 12.4 Å². The zero-order chi connectivity index (χ0) is 21.8. The fraction of sp³-hybridized carbons (Fsp3) is 0.500. The summed E-state index contributed by atoms with van der Waals surface area (Å²) < 4.78 is 78.5. The fourth-order valence-corrected chi connectivity index (χ4v) is 2.46. The number of rotatable bonds is 7. The van der Waals surface area contributed by atoms with Crippen LogP contribution in [-0.2, 0) is 0 Å². The minimum atomic E-state index is -4.61. The Bertz CT molecular complexity index is 797. The molecule has 0 aliphatic heterocycles. The van der Waals surface area contributed by atoms with Crippen molar-refractivity contribution in [2.24, 2.45) is 0 Å². The lowest BCUT2D eigenvalue weighted by atomic mass is 10.2. The summed E-state index contributed by atoms with van der Waals surface area (Å²) in [5.41, 5.74) is 0.0612. The summed E-state index contributed by atoms with van der Waals surface area (Å²) in [5.74, 6) is -1.32. The lowest BCUT2D eigenvalue weighted by Crippen LogP contribution is -2.37. The number of nitrogens with one attached hydrogen (secondary N) is 2. The summed E-state index contributed by atoms with van der Waals surface area (Å²) in [6, 6.07) is 0.351. The molecule has 0 aromatic carbocycles. The van der Waals surface area contributed by atoms with Gasteiger partial charge in [-0.15, -0.1) is 0 Å². The van der Waals surface area contributed by atoms with Crippen LogP contribution >= 0.6 is 38.6 Å². The quantitative estimate of drug-likeness (QED) is 0.388. The molecule has 0 fully saturated rings. The van der Waals surface area contributed by atoms with E-state index >= 15 is 0 Å². The summed E-state index contributed by atoms with van der Waals surface area (Å²) in [6.45, 7) is 2.59. The third-order valence-electron chi connectivity index (χ3n) is 3.79. The highest BCUT2D eigenvalue weighted by Gasteiger charge is 2.40. The largest absolute Gasteiger partial charge is 0.408 e. The van der Waals surface area contributed by atoms with Crippen LogP contribution in [0.5, 0.6) is 0 Å². The van der Waals surface area contributed by atoms with E-state index in [4.69, 9.17) is 11.6 Å². The van der Waals surface area contributed by atoms with Crippen LogP contribution in [0, 0.1) is 0 Å². The van der Waals surface area contributed by atoms with Gasteiger partial charge in [-0.05, 0) is 25.0 Å². The molecule has 2 heterocycles. The maximum absolute atomic E-state index is 13.1. The van der Waals surface area contributed by atoms with Gasteiger partial charge in [0.2, 0.25) is 11.9 Å². The second-order valence-electron chi connectivity index (χ2n) is 5.95. The van der Waals surface area contributed by atoms with Gasteiger partial charge in [-0.3, -0.25) is 0 Å². The summed E-state index contributed by atoms with van der Waals surface area (Å²) in [7, 11) is 0. The molecule has 0 aliphatic rings. The Kier molecular flexibility index (Phi) is 11.2. The van der Waals surface area contributed by atoms with Gasteiger partial charge in [0.1, 0.15) is 22.9 Å². The summed E-state index contributed by atoms with van der Waals surface area (Å²) in [6.07, 6.45) is -9.91. The molecule has 6 nitrogen and oxygen atoms in total. The van der Waals surface area contributed by atoms with E-state index < -0.39 is 36.3 Å². The molecule has 2 N–H and O–H groups in total. The molecule has 0 saturated heterocycles. The Morgan fingerprint density at radius 1 is 0.806 bits per heavy atom. The molecule has 0 aliphatic carbocycles. The van der Waals surface area contributed by atoms with Crippen molar-refractivity contribution in [2.75, 3.05) is 10.6 Å². The number of halogens is 7. The maximum atomic E-state index is 13.1. The van der Waals surface area contributed by atoms with Gasteiger partial charge in [0, 0.05) is 0 Å². The first-order chi connectivity index (χ1) is 13.4. The Hall–Kier alpha value is -1.67. The van der Waals surface area contributed by atoms with Gasteiger partial charge in [0.05, 0.1) is 0 Å². The molecule has 176 valence electrons.